The van der Waals surface area contributed by atoms with Crippen LogP contribution in [-0.4, -0.2) is 472 Å². The van der Waals surface area contributed by atoms with Gasteiger partial charge < -0.3 is 54.1 Å². The Balaban J connectivity index is -0.000000275. The molecule has 13 saturated heterocycles. The van der Waals surface area contributed by atoms with Gasteiger partial charge in [-0.3, -0.25) is 63.2 Å². The summed E-state index contributed by atoms with van der Waals surface area (Å²) in [7, 11) is 0.0623. The summed E-state index contributed by atoms with van der Waals surface area (Å²) in [5.74, 6) is 4.06. The molecule has 13 heterocycles. The first-order valence-corrected chi connectivity index (χ1v) is 57.6. The van der Waals surface area contributed by atoms with Crippen LogP contribution in [0.4, 0.5) is 0 Å². The summed E-state index contributed by atoms with van der Waals surface area (Å²) in [6, 6.07) is 8.08. The van der Waals surface area contributed by atoms with Gasteiger partial charge in [0, 0.05) is 264 Å². The lowest BCUT2D eigenvalue weighted by Crippen LogP contribution is -2.53. The average Bonchev–Trinajstić information content (AvgIpc) is 1.17. The standard InChI is InChI=1S/C10H22N2.2C9H19N.C8H19N2O4P.2C8H18N2.C8H17NO.C8H15NO.2C8H17NO.2C8H17N.C7H15NS.7CH4/c1-5-11-6-8-12(9-7-11)10(2,3)4;1-8(2)10-6-4-9(3)5-7-10;1-8(2)10-7-5-4-6-9(10)3;1-8(2)10-5-3-9(4-6-10)7-14-15(11,12)13;2*1-8(2)10-6-4-9(3)5-7-10;1-8(2,3)9-4-6-10-7-5-9;1-7(2)9-5-3-8(10)4-6-9;1-7(2)9-5-3-4-8(9)6-10;1-7(2)9-5-3-4-8(10)6-9;1-8(2,3)9-6-4-5-7-9;1-8(2)9-6-4-3-5-7-9;1-7(2)8-3-5-9-6-4-8;;;;;;;/h5-9H2,1-4H3;2*8-9H,4-7H2,1-3H3;8H,3-7H2,1-2H3,(H2,11,12,13);2*8H,4-7H2,1-3H3;4-7H2,1-3H3;7H,3-6H2,1-2H3;2*7-8,10H,3-6H2,1-2H3;4-7H2,1-3H3;8H,3-7H2,1-2H3;7H,3-6H2,1-2H3;7*1H4/t;;;;;;;;2*8-;;;;;;;;;;/m........01........../s1. The van der Waals surface area contributed by atoms with E-state index in [1.54, 1.807) is 0 Å². The molecule has 0 aromatic heterocycles. The summed E-state index contributed by atoms with van der Waals surface area (Å²) < 4.78 is 20.2. The molecule has 1 unspecified atom stereocenters. The van der Waals surface area contributed by atoms with Crippen LogP contribution in [0.2, 0.25) is 0 Å². The normalized spacial score (nSPS) is 23.1. The number of phosphoric ester groups is 1. The minimum absolute atomic E-state index is 0. The predicted octanol–water partition coefficient (Wildman–Crippen LogP) is 20.7. The van der Waals surface area contributed by atoms with Crippen LogP contribution in [0.15, 0.2) is 0 Å². The Morgan fingerprint density at radius 1 is 0.362 bits per heavy atom. The second kappa shape index (κ2) is 84.8. The second-order valence-corrected chi connectivity index (χ2v) is 48.8. The van der Waals surface area contributed by atoms with Crippen LogP contribution in [-0.2, 0) is 18.6 Å². The van der Waals surface area contributed by atoms with Crippen LogP contribution in [0.1, 0.15) is 376 Å². The molecule has 858 valence electrons. The quantitative estimate of drug-likeness (QED) is 0.113. The monoisotopic (exact) mass is 2060 g/mol. The number of likely N-dealkylation sites (tertiary alicyclic amines) is 7. The van der Waals surface area contributed by atoms with E-state index < -0.39 is 7.82 Å². The van der Waals surface area contributed by atoms with E-state index in [0.717, 1.165) is 153 Å². The predicted molar refractivity (Wildman–Crippen MR) is 628 cm³/mol. The summed E-state index contributed by atoms with van der Waals surface area (Å²) in [6.45, 7) is 113. The molecule has 13 rings (SSSR count). The number of nitrogens with zero attached hydrogens (tertiary/aromatic N) is 17. The van der Waals surface area contributed by atoms with Crippen LogP contribution in [0.3, 0.4) is 0 Å². The molecule has 0 aromatic rings. The van der Waals surface area contributed by atoms with Gasteiger partial charge in [-0.25, -0.2) is 4.57 Å². The first-order chi connectivity index (χ1) is 62.7. The first-order valence-electron chi connectivity index (χ1n) is 54.9. The van der Waals surface area contributed by atoms with Crippen molar-refractivity contribution in [2.75, 3.05) is 268 Å². The van der Waals surface area contributed by atoms with E-state index in [1.165, 1.54) is 239 Å². The van der Waals surface area contributed by atoms with Crippen molar-refractivity contribution < 1.29 is 38.6 Å². The molecule has 13 aliphatic heterocycles. The molecule has 13 aliphatic rings. The maximum Gasteiger partial charge on any atom is 0.470 e. The zero-order chi connectivity index (χ0) is 101. The molecule has 27 heteroatoms. The summed E-state index contributed by atoms with van der Waals surface area (Å²) in [5, 5.41) is 18.2. The number of Topliss-reactive ketones (excluding diaryl/α,β-unsaturated/α-hetero) is 1. The van der Waals surface area contributed by atoms with Crippen molar-refractivity contribution in [3.63, 3.8) is 0 Å². The van der Waals surface area contributed by atoms with Crippen molar-refractivity contribution in [2.24, 2.45) is 5.92 Å². The molecule has 0 saturated carbocycles. The number of likely N-dealkylation sites (N-methyl/N-ethyl adjacent to an activating group) is 3. The number of ether oxygens (including phenoxy) is 1. The van der Waals surface area contributed by atoms with E-state index in [4.69, 9.17) is 19.6 Å². The third-order valence-electron chi connectivity index (χ3n) is 29.4. The third kappa shape index (κ3) is 73.3. The van der Waals surface area contributed by atoms with Gasteiger partial charge in [0.05, 0.1) is 25.9 Å². The van der Waals surface area contributed by atoms with E-state index in [9.17, 15) is 14.5 Å². The van der Waals surface area contributed by atoms with Gasteiger partial charge in [0.15, 0.2) is 0 Å². The molecule has 0 aromatic carbocycles. The van der Waals surface area contributed by atoms with Crippen LogP contribution in [0.5, 0.6) is 0 Å². The molecule has 0 spiro atoms. The van der Waals surface area contributed by atoms with Crippen molar-refractivity contribution in [1.82, 2.24) is 83.3 Å². The molecule has 13 fully saturated rings. The maximum atomic E-state index is 10.8. The second-order valence-electron chi connectivity index (χ2n) is 46.4. The van der Waals surface area contributed by atoms with E-state index >= 15 is 0 Å². The van der Waals surface area contributed by atoms with E-state index in [2.05, 4.69) is 330 Å². The lowest BCUT2D eigenvalue weighted by molar-refractivity contribution is -0.121. The minimum Gasteiger partial charge on any atom is -0.395 e. The number of aliphatic hydroxyl groups is 2. The van der Waals surface area contributed by atoms with Crippen molar-refractivity contribution >= 4 is 25.4 Å². The molecule has 0 amide bonds. The fraction of sp³-hybridized carbons (Fsp3) is 0.991. The number of phosphoric acid groups is 1. The minimum atomic E-state index is -4.32. The molecule has 141 heavy (non-hydrogen) atoms. The van der Waals surface area contributed by atoms with Crippen molar-refractivity contribution in [3.05, 3.63) is 0 Å². The number of hydrogen-bond acceptors (Lipinski definition) is 24. The number of piperidine rings is 5. The van der Waals surface area contributed by atoms with Crippen molar-refractivity contribution in [2.45, 2.75) is 472 Å². The number of rotatable bonds is 15. The van der Waals surface area contributed by atoms with E-state index in [0.29, 0.717) is 59.2 Å². The number of ketones is 1. The maximum absolute atomic E-state index is 10.8. The Hall–Kier alpha value is -0.670. The lowest BCUT2D eigenvalue weighted by Gasteiger charge is -2.42. The highest BCUT2D eigenvalue weighted by Gasteiger charge is 2.31. The number of carbonyl (C=O) groups excluding carboxylic acids is 1. The Labute approximate surface area is 887 Å². The van der Waals surface area contributed by atoms with Gasteiger partial charge >= 0.3 is 7.82 Å². The SMILES string of the molecule is C.C.C.C.C.C.C.CC(C)(C)N1CCCC1.CC(C)(C)N1CCOCC1.CC(C)N1CCC(=O)CC1.CC(C)N1CCCCC1.CC(C)N1CCCCC1C.CC(C)N1CCC[C@@H](O)C1.CC(C)N1CCC[C@H]1CO.CC(C)N1CCN(C)CC1.CC(C)N1CCN(C)CC1.CC(C)N1CCN(COP(=O)(O)O)CC1.CC(C)N1CCSCC1.CC1CCN(C(C)C)CC1.CCN1CCN(C(C)(C)C)CC1. The molecule has 0 radical (unpaired) electrons. The number of hydrogen-bond donors (Lipinski definition) is 4. The van der Waals surface area contributed by atoms with Crippen LogP contribution in [0, 0.1) is 5.92 Å². The van der Waals surface area contributed by atoms with Crippen LogP contribution >= 0.6 is 19.6 Å². The Morgan fingerprint density at radius 3 is 1.00 bits per heavy atom. The highest BCUT2D eigenvalue weighted by molar-refractivity contribution is 7.99. The molecule has 4 N–H and O–H groups in total. The van der Waals surface area contributed by atoms with Crippen molar-refractivity contribution in [3.8, 4) is 0 Å². The highest BCUT2D eigenvalue weighted by Crippen LogP contribution is 2.36. The highest BCUT2D eigenvalue weighted by atomic mass is 32.2. The smallest absolute Gasteiger partial charge is 0.395 e. The molecule has 3 atom stereocenters. The van der Waals surface area contributed by atoms with Gasteiger partial charge in [0.25, 0.3) is 0 Å². The van der Waals surface area contributed by atoms with Crippen molar-refractivity contribution in [1.29, 1.82) is 0 Å². The first kappa shape index (κ1) is 153. The number of carbonyl (C=O) groups is 1. The summed E-state index contributed by atoms with van der Waals surface area (Å²) in [4.78, 5) is 69.4. The Bertz CT molecular complexity index is 2690. The van der Waals surface area contributed by atoms with Crippen LogP contribution in [0.25, 0.3) is 0 Å². The number of thioether (sulfide) groups is 1. The number of aliphatic hydroxyl groups excluding tert-OH is 2. The summed E-state index contributed by atoms with van der Waals surface area (Å²) in [5.41, 5.74) is 1.10. The fourth-order valence-corrected chi connectivity index (χ4v) is 20.3. The zero-order valence-corrected chi connectivity index (χ0v) is 96.6. The van der Waals surface area contributed by atoms with Gasteiger partial charge in [-0.2, -0.15) is 11.8 Å². The van der Waals surface area contributed by atoms with Gasteiger partial charge in [-0.1, -0.05) is 78.7 Å². The fourth-order valence-electron chi connectivity index (χ4n) is 19.0. The molecule has 25 nitrogen and oxygen atoms in total. The largest absolute Gasteiger partial charge is 0.470 e. The average molecular weight is 2060 g/mol. The molecule has 0 bridgehead atoms. The Kier molecular flexibility index (Phi) is 92.1. The molecule has 0 aliphatic carbocycles. The topological polar surface area (TPSA) is 189 Å². The molecular formula is C114H258N17O8PS. The summed E-state index contributed by atoms with van der Waals surface area (Å²) in [6.07, 6.45) is 20.1. The zero-order valence-electron chi connectivity index (χ0n) is 94.9. The summed E-state index contributed by atoms with van der Waals surface area (Å²) >= 11 is 2.07. The Morgan fingerprint density at radius 2 is 0.688 bits per heavy atom. The van der Waals surface area contributed by atoms with E-state index in [1.807, 2.05) is 4.90 Å². The van der Waals surface area contributed by atoms with Gasteiger partial charge in [-0.15, -0.1) is 0 Å². The third-order valence-corrected chi connectivity index (χ3v) is 30.8. The van der Waals surface area contributed by atoms with Gasteiger partial charge in [0.2, 0.25) is 0 Å². The van der Waals surface area contributed by atoms with Crippen LogP contribution < -0.4 is 0 Å². The van der Waals surface area contributed by atoms with Gasteiger partial charge in [-0.05, 0) is 370 Å². The van der Waals surface area contributed by atoms with Gasteiger partial charge in [0.1, 0.15) is 12.5 Å². The number of piperazine rings is 4. The lowest BCUT2D eigenvalue weighted by atomic mass is 9.98. The molecular weight excluding hydrogens is 1800 g/mol. The number of morpholine rings is 1. The number of β-amino-alcohol motifs (C(OH)–C–C–N with tert-alkyl or cyclic N) is 1. The van der Waals surface area contributed by atoms with E-state index in [-0.39, 0.29) is 64.8 Å².